The van der Waals surface area contributed by atoms with E-state index in [4.69, 9.17) is 5.11 Å². The zero-order valence-corrected chi connectivity index (χ0v) is 10.8. The standard InChI is InChI=1S/C11H21NO2S/c1-5-10(8-15-4)12(3)7-6-9(2)11(13)14/h6,10H,5,7-8H2,1-4H3,(H,13,14)/b9-6-. The number of carbonyl (C=O) groups is 1. The number of carboxylic acid groups (broad SMARTS) is 1. The van der Waals surface area contributed by atoms with Crippen LogP contribution in [0.15, 0.2) is 11.6 Å². The largest absolute Gasteiger partial charge is 0.478 e. The summed E-state index contributed by atoms with van der Waals surface area (Å²) in [6.45, 7) is 4.49. The molecular weight excluding hydrogens is 210 g/mol. The van der Waals surface area contributed by atoms with E-state index in [0.717, 1.165) is 12.2 Å². The number of rotatable bonds is 7. The van der Waals surface area contributed by atoms with Crippen molar-refractivity contribution >= 4 is 17.7 Å². The number of carboxylic acids is 1. The molecule has 0 aliphatic rings. The van der Waals surface area contributed by atoms with Crippen molar-refractivity contribution in [2.45, 2.75) is 26.3 Å². The van der Waals surface area contributed by atoms with Crippen LogP contribution in [0.25, 0.3) is 0 Å². The third kappa shape index (κ3) is 5.85. The van der Waals surface area contributed by atoms with Crippen LogP contribution in [0.5, 0.6) is 0 Å². The smallest absolute Gasteiger partial charge is 0.330 e. The Morgan fingerprint density at radius 2 is 2.20 bits per heavy atom. The summed E-state index contributed by atoms with van der Waals surface area (Å²) in [6, 6.07) is 0.526. The van der Waals surface area contributed by atoms with Crippen LogP contribution in [-0.2, 0) is 4.79 Å². The average molecular weight is 231 g/mol. The molecule has 88 valence electrons. The van der Waals surface area contributed by atoms with Gasteiger partial charge in [-0.3, -0.25) is 4.90 Å². The first-order chi connectivity index (χ1) is 7.02. The van der Waals surface area contributed by atoms with E-state index in [1.807, 2.05) is 18.8 Å². The number of nitrogens with zero attached hydrogens (tertiary/aromatic N) is 1. The molecule has 15 heavy (non-hydrogen) atoms. The Labute approximate surface area is 96.5 Å². The fraction of sp³-hybridized carbons (Fsp3) is 0.727. The van der Waals surface area contributed by atoms with Gasteiger partial charge >= 0.3 is 5.97 Å². The third-order valence-electron chi connectivity index (χ3n) is 2.48. The molecule has 0 amide bonds. The second kappa shape index (κ2) is 7.77. The monoisotopic (exact) mass is 231 g/mol. The second-order valence-electron chi connectivity index (χ2n) is 3.65. The first-order valence-corrected chi connectivity index (χ1v) is 6.51. The summed E-state index contributed by atoms with van der Waals surface area (Å²) in [5.41, 5.74) is 0.417. The van der Waals surface area contributed by atoms with E-state index < -0.39 is 5.97 Å². The Morgan fingerprint density at radius 1 is 1.60 bits per heavy atom. The summed E-state index contributed by atoms with van der Waals surface area (Å²) in [5.74, 6) is 0.258. The fourth-order valence-corrected chi connectivity index (χ4v) is 2.14. The lowest BCUT2D eigenvalue weighted by molar-refractivity contribution is -0.132. The van der Waals surface area contributed by atoms with Gasteiger partial charge in [-0.15, -0.1) is 0 Å². The van der Waals surface area contributed by atoms with Crippen LogP contribution < -0.4 is 0 Å². The maximum atomic E-state index is 10.6. The van der Waals surface area contributed by atoms with Crippen molar-refractivity contribution in [3.05, 3.63) is 11.6 Å². The van der Waals surface area contributed by atoms with Gasteiger partial charge in [-0.25, -0.2) is 4.79 Å². The van der Waals surface area contributed by atoms with Crippen molar-refractivity contribution in [1.29, 1.82) is 0 Å². The molecule has 0 heterocycles. The minimum Gasteiger partial charge on any atom is -0.478 e. The molecule has 0 aliphatic heterocycles. The minimum atomic E-state index is -0.832. The van der Waals surface area contributed by atoms with Gasteiger partial charge in [0.25, 0.3) is 0 Å². The lowest BCUT2D eigenvalue weighted by Gasteiger charge is -2.25. The highest BCUT2D eigenvalue weighted by atomic mass is 32.2. The molecule has 0 bridgehead atoms. The van der Waals surface area contributed by atoms with Gasteiger partial charge in [-0.2, -0.15) is 11.8 Å². The average Bonchev–Trinajstić information content (AvgIpc) is 2.21. The van der Waals surface area contributed by atoms with Gasteiger partial charge in [0.2, 0.25) is 0 Å². The zero-order valence-electron chi connectivity index (χ0n) is 9.99. The molecule has 0 radical (unpaired) electrons. The molecule has 0 aromatic carbocycles. The molecule has 0 aromatic heterocycles. The molecule has 1 N–H and O–H groups in total. The van der Waals surface area contributed by atoms with E-state index in [1.54, 1.807) is 13.0 Å². The van der Waals surface area contributed by atoms with Crippen LogP contribution in [0.3, 0.4) is 0 Å². The van der Waals surface area contributed by atoms with Crippen LogP contribution >= 0.6 is 11.8 Å². The number of hydrogen-bond donors (Lipinski definition) is 1. The first kappa shape index (κ1) is 14.5. The van der Waals surface area contributed by atoms with Crippen LogP contribution in [0.4, 0.5) is 0 Å². The Balaban J connectivity index is 4.16. The highest BCUT2D eigenvalue weighted by molar-refractivity contribution is 7.98. The SMILES string of the molecule is CCC(CSC)N(C)C/C=C(/C)C(=O)O. The Bertz CT molecular complexity index is 229. The maximum absolute atomic E-state index is 10.6. The lowest BCUT2D eigenvalue weighted by Crippen LogP contribution is -2.33. The van der Waals surface area contributed by atoms with Crippen LogP contribution in [0.2, 0.25) is 0 Å². The molecule has 4 heteroatoms. The van der Waals surface area contributed by atoms with Crippen LogP contribution in [-0.4, -0.2) is 47.6 Å². The summed E-state index contributed by atoms with van der Waals surface area (Å²) in [5, 5.41) is 8.70. The van der Waals surface area contributed by atoms with E-state index >= 15 is 0 Å². The van der Waals surface area contributed by atoms with Gasteiger partial charge in [-0.1, -0.05) is 13.0 Å². The van der Waals surface area contributed by atoms with Crippen LogP contribution in [0, 0.1) is 0 Å². The molecule has 0 fully saturated rings. The Morgan fingerprint density at radius 3 is 2.60 bits per heavy atom. The number of aliphatic carboxylic acids is 1. The predicted octanol–water partition coefficient (Wildman–Crippen LogP) is 2.09. The second-order valence-corrected chi connectivity index (χ2v) is 4.56. The van der Waals surface area contributed by atoms with E-state index in [9.17, 15) is 4.79 Å². The molecule has 0 saturated carbocycles. The first-order valence-electron chi connectivity index (χ1n) is 5.12. The van der Waals surface area contributed by atoms with Crippen molar-refractivity contribution in [1.82, 2.24) is 4.90 Å². The molecule has 0 aliphatic carbocycles. The van der Waals surface area contributed by atoms with Gasteiger partial charge in [0.15, 0.2) is 0 Å². The summed E-state index contributed by atoms with van der Waals surface area (Å²) >= 11 is 1.82. The minimum absolute atomic E-state index is 0.417. The molecule has 3 nitrogen and oxygen atoms in total. The molecule has 0 spiro atoms. The summed E-state index contributed by atoms with van der Waals surface area (Å²) in [7, 11) is 2.04. The molecule has 0 saturated heterocycles. The normalized spacial score (nSPS) is 14.3. The molecule has 0 aromatic rings. The van der Waals surface area contributed by atoms with Gasteiger partial charge in [0, 0.05) is 23.9 Å². The van der Waals surface area contributed by atoms with E-state index in [1.165, 1.54) is 0 Å². The summed E-state index contributed by atoms with van der Waals surface area (Å²) in [4.78, 5) is 12.8. The van der Waals surface area contributed by atoms with Gasteiger partial charge in [0.05, 0.1) is 0 Å². The Kier molecular flexibility index (Phi) is 7.52. The molecule has 1 unspecified atom stereocenters. The predicted molar refractivity (Wildman–Crippen MR) is 66.5 cm³/mol. The van der Waals surface area contributed by atoms with E-state index in [0.29, 0.717) is 18.2 Å². The van der Waals surface area contributed by atoms with Crippen LogP contribution in [0.1, 0.15) is 20.3 Å². The zero-order chi connectivity index (χ0) is 11.8. The van der Waals surface area contributed by atoms with Crippen molar-refractivity contribution in [2.75, 3.05) is 25.6 Å². The van der Waals surface area contributed by atoms with Crippen molar-refractivity contribution in [3.8, 4) is 0 Å². The number of likely N-dealkylation sites (N-methyl/N-ethyl adjacent to an activating group) is 1. The third-order valence-corrected chi connectivity index (χ3v) is 3.19. The number of thioether (sulfide) groups is 1. The molecular formula is C11H21NO2S. The van der Waals surface area contributed by atoms with Gasteiger partial charge in [-0.05, 0) is 26.6 Å². The van der Waals surface area contributed by atoms with Crippen molar-refractivity contribution in [3.63, 3.8) is 0 Å². The number of hydrogen-bond acceptors (Lipinski definition) is 3. The quantitative estimate of drug-likeness (QED) is 0.681. The van der Waals surface area contributed by atoms with Crippen molar-refractivity contribution in [2.24, 2.45) is 0 Å². The summed E-state index contributed by atoms with van der Waals surface area (Å²) in [6.07, 6.45) is 4.96. The fourth-order valence-electron chi connectivity index (χ4n) is 1.27. The van der Waals surface area contributed by atoms with Gasteiger partial charge < -0.3 is 5.11 Å². The lowest BCUT2D eigenvalue weighted by atomic mass is 10.2. The highest BCUT2D eigenvalue weighted by Gasteiger charge is 2.10. The molecule has 1 atom stereocenters. The highest BCUT2D eigenvalue weighted by Crippen LogP contribution is 2.08. The van der Waals surface area contributed by atoms with Crippen molar-refractivity contribution < 1.29 is 9.90 Å². The Hall–Kier alpha value is -0.480. The summed E-state index contributed by atoms with van der Waals surface area (Å²) < 4.78 is 0. The van der Waals surface area contributed by atoms with E-state index in [-0.39, 0.29) is 0 Å². The molecule has 0 rings (SSSR count). The maximum Gasteiger partial charge on any atom is 0.330 e. The van der Waals surface area contributed by atoms with E-state index in [2.05, 4.69) is 18.1 Å². The van der Waals surface area contributed by atoms with Gasteiger partial charge in [0.1, 0.15) is 0 Å². The topological polar surface area (TPSA) is 40.5 Å².